The Morgan fingerprint density at radius 1 is 1.57 bits per heavy atom. The third-order valence-corrected chi connectivity index (χ3v) is 2.78. The monoisotopic (exact) mass is 215 g/mol. The van der Waals surface area contributed by atoms with Crippen molar-refractivity contribution in [2.75, 3.05) is 0 Å². The van der Waals surface area contributed by atoms with Gasteiger partial charge in [0.2, 0.25) is 0 Å². The zero-order valence-electron chi connectivity index (χ0n) is 9.05. The number of rotatable bonds is 4. The molecule has 0 saturated carbocycles. The zero-order valence-corrected chi connectivity index (χ0v) is 9.80. The number of hydrogen-bond acceptors (Lipinski definition) is 2. The van der Waals surface area contributed by atoms with E-state index in [1.54, 1.807) is 0 Å². The van der Waals surface area contributed by atoms with Gasteiger partial charge in [-0.15, -0.1) is 0 Å². The molecule has 0 saturated heterocycles. The lowest BCUT2D eigenvalue weighted by Gasteiger charge is -2.05. The van der Waals surface area contributed by atoms with Gasteiger partial charge in [0.25, 0.3) is 0 Å². The molecule has 1 rings (SSSR count). The van der Waals surface area contributed by atoms with Crippen LogP contribution in [0.4, 0.5) is 0 Å². The van der Waals surface area contributed by atoms with Crippen LogP contribution < -0.4 is 5.73 Å². The number of hydrogen-bond donors (Lipinski definition) is 1. The van der Waals surface area contributed by atoms with E-state index in [0.717, 1.165) is 35.7 Å². The van der Waals surface area contributed by atoms with Crippen molar-refractivity contribution in [3.8, 4) is 0 Å². The first kappa shape index (κ1) is 11.5. The van der Waals surface area contributed by atoms with Crippen LogP contribution in [0.25, 0.3) is 0 Å². The first-order valence-electron chi connectivity index (χ1n) is 5.02. The van der Waals surface area contributed by atoms with Crippen molar-refractivity contribution in [1.29, 1.82) is 0 Å². The van der Waals surface area contributed by atoms with Gasteiger partial charge in [-0.05, 0) is 26.2 Å². The van der Waals surface area contributed by atoms with E-state index >= 15 is 0 Å². The minimum Gasteiger partial charge on any atom is -0.328 e. The summed E-state index contributed by atoms with van der Waals surface area (Å²) in [5.74, 6) is 0. The van der Waals surface area contributed by atoms with Gasteiger partial charge in [0, 0.05) is 13.1 Å². The summed E-state index contributed by atoms with van der Waals surface area (Å²) in [4.78, 5) is 0. The normalized spacial score (nSPS) is 13.2. The number of nitrogens with two attached hydrogens (primary N) is 1. The number of aryl methyl sites for hydroxylation is 2. The maximum atomic E-state index is 6.19. The van der Waals surface area contributed by atoms with Gasteiger partial charge in [0.05, 0.1) is 16.4 Å². The van der Waals surface area contributed by atoms with E-state index in [9.17, 15) is 0 Å². The summed E-state index contributed by atoms with van der Waals surface area (Å²) in [6.07, 6.45) is 2.73. The van der Waals surface area contributed by atoms with E-state index in [-0.39, 0.29) is 6.04 Å². The van der Waals surface area contributed by atoms with Gasteiger partial charge < -0.3 is 5.73 Å². The maximum Gasteiger partial charge on any atom is 0.0849 e. The molecule has 0 amide bonds. The van der Waals surface area contributed by atoms with Crippen molar-refractivity contribution in [3.05, 3.63) is 16.4 Å². The molecule has 1 unspecified atom stereocenters. The van der Waals surface area contributed by atoms with Crippen LogP contribution in [0.2, 0.25) is 5.02 Å². The quantitative estimate of drug-likeness (QED) is 0.834. The van der Waals surface area contributed by atoms with E-state index in [4.69, 9.17) is 17.3 Å². The van der Waals surface area contributed by atoms with Gasteiger partial charge in [0.15, 0.2) is 0 Å². The molecule has 0 bridgehead atoms. The van der Waals surface area contributed by atoms with Gasteiger partial charge >= 0.3 is 0 Å². The largest absolute Gasteiger partial charge is 0.328 e. The molecule has 80 valence electrons. The van der Waals surface area contributed by atoms with Gasteiger partial charge in [-0.1, -0.05) is 18.5 Å². The second kappa shape index (κ2) is 4.80. The van der Waals surface area contributed by atoms with Crippen molar-refractivity contribution >= 4 is 11.6 Å². The van der Waals surface area contributed by atoms with Gasteiger partial charge in [0.1, 0.15) is 0 Å². The summed E-state index contributed by atoms with van der Waals surface area (Å²) in [5, 5.41) is 5.17. The molecular weight excluding hydrogens is 198 g/mol. The summed E-state index contributed by atoms with van der Waals surface area (Å²) in [5.41, 5.74) is 7.79. The molecule has 1 atom stereocenters. The van der Waals surface area contributed by atoms with Crippen LogP contribution in [-0.2, 0) is 19.9 Å². The molecule has 0 fully saturated rings. The van der Waals surface area contributed by atoms with Crippen molar-refractivity contribution in [2.45, 2.75) is 39.2 Å². The number of aromatic nitrogens is 2. The molecule has 0 spiro atoms. The van der Waals surface area contributed by atoms with Crippen molar-refractivity contribution in [3.63, 3.8) is 0 Å². The third kappa shape index (κ3) is 2.49. The summed E-state index contributed by atoms with van der Waals surface area (Å²) < 4.78 is 1.86. The van der Waals surface area contributed by atoms with E-state index in [0.29, 0.717) is 0 Å². The second-order valence-electron chi connectivity index (χ2n) is 3.70. The Kier molecular flexibility index (Phi) is 3.96. The topological polar surface area (TPSA) is 43.8 Å². The highest BCUT2D eigenvalue weighted by atomic mass is 35.5. The van der Waals surface area contributed by atoms with Crippen LogP contribution in [0.1, 0.15) is 31.7 Å². The predicted octanol–water partition coefficient (Wildman–Crippen LogP) is 1.92. The average molecular weight is 216 g/mol. The molecule has 1 heterocycles. The average Bonchev–Trinajstić information content (AvgIpc) is 2.39. The SMILES string of the molecule is CCc1nn(C)c(CCC(C)N)c1Cl. The highest BCUT2D eigenvalue weighted by molar-refractivity contribution is 6.31. The fourth-order valence-corrected chi connectivity index (χ4v) is 1.84. The molecule has 14 heavy (non-hydrogen) atoms. The minimum atomic E-state index is 0.214. The van der Waals surface area contributed by atoms with Crippen LogP contribution in [0.15, 0.2) is 0 Å². The van der Waals surface area contributed by atoms with Gasteiger partial charge in [-0.3, -0.25) is 4.68 Å². The third-order valence-electron chi connectivity index (χ3n) is 2.34. The van der Waals surface area contributed by atoms with Crippen LogP contribution in [-0.4, -0.2) is 15.8 Å². The Bertz CT molecular complexity index is 305. The van der Waals surface area contributed by atoms with Crippen LogP contribution in [0.5, 0.6) is 0 Å². The van der Waals surface area contributed by atoms with Gasteiger partial charge in [-0.2, -0.15) is 5.10 Å². The molecule has 4 heteroatoms. The Hall–Kier alpha value is -0.540. The highest BCUT2D eigenvalue weighted by Crippen LogP contribution is 2.22. The van der Waals surface area contributed by atoms with Crippen molar-refractivity contribution in [2.24, 2.45) is 12.8 Å². The molecule has 2 N–H and O–H groups in total. The Balaban J connectivity index is 2.80. The van der Waals surface area contributed by atoms with E-state index in [1.165, 1.54) is 0 Å². The molecule has 0 radical (unpaired) electrons. The molecule has 0 aromatic carbocycles. The van der Waals surface area contributed by atoms with E-state index in [1.807, 2.05) is 18.7 Å². The van der Waals surface area contributed by atoms with E-state index < -0.39 is 0 Å². The highest BCUT2D eigenvalue weighted by Gasteiger charge is 2.12. The summed E-state index contributed by atoms with van der Waals surface area (Å²) in [7, 11) is 1.93. The Labute approximate surface area is 90.2 Å². The summed E-state index contributed by atoms with van der Waals surface area (Å²) >= 11 is 6.19. The summed E-state index contributed by atoms with van der Waals surface area (Å²) in [6, 6.07) is 0.214. The summed E-state index contributed by atoms with van der Waals surface area (Å²) in [6.45, 7) is 4.06. The fraction of sp³-hybridized carbons (Fsp3) is 0.700. The number of halogens is 1. The zero-order chi connectivity index (χ0) is 10.7. The lowest BCUT2D eigenvalue weighted by atomic mass is 10.1. The van der Waals surface area contributed by atoms with Crippen LogP contribution >= 0.6 is 11.6 Å². The molecule has 3 nitrogen and oxygen atoms in total. The molecule has 0 aliphatic carbocycles. The van der Waals surface area contributed by atoms with Crippen LogP contribution in [0.3, 0.4) is 0 Å². The fourth-order valence-electron chi connectivity index (χ4n) is 1.46. The maximum absolute atomic E-state index is 6.19. The van der Waals surface area contributed by atoms with Crippen molar-refractivity contribution < 1.29 is 0 Å². The molecule has 0 aliphatic rings. The van der Waals surface area contributed by atoms with Crippen LogP contribution in [0, 0.1) is 0 Å². The molecule has 1 aromatic heterocycles. The smallest absolute Gasteiger partial charge is 0.0849 e. The molecular formula is C10H18ClN3. The molecule has 0 aliphatic heterocycles. The lowest BCUT2D eigenvalue weighted by molar-refractivity contribution is 0.622. The van der Waals surface area contributed by atoms with E-state index in [2.05, 4.69) is 12.0 Å². The molecule has 1 aromatic rings. The first-order chi connectivity index (χ1) is 6.56. The lowest BCUT2D eigenvalue weighted by Crippen LogP contribution is -2.16. The van der Waals surface area contributed by atoms with Gasteiger partial charge in [-0.25, -0.2) is 0 Å². The minimum absolute atomic E-state index is 0.214. The second-order valence-corrected chi connectivity index (χ2v) is 4.08. The van der Waals surface area contributed by atoms with Crippen molar-refractivity contribution in [1.82, 2.24) is 9.78 Å². The standard InChI is InChI=1S/C10H18ClN3/c1-4-8-10(11)9(14(3)13-8)6-5-7(2)12/h7H,4-6,12H2,1-3H3. The predicted molar refractivity (Wildman–Crippen MR) is 59.6 cm³/mol. The number of nitrogens with zero attached hydrogens (tertiary/aromatic N) is 2. The first-order valence-corrected chi connectivity index (χ1v) is 5.39. The Morgan fingerprint density at radius 3 is 2.64 bits per heavy atom. The Morgan fingerprint density at radius 2 is 2.21 bits per heavy atom.